The molecule has 3 rings (SSSR count). The lowest BCUT2D eigenvalue weighted by molar-refractivity contribution is -0.139. The molecule has 2 atom stereocenters. The van der Waals surface area contributed by atoms with Crippen molar-refractivity contribution in [1.82, 2.24) is 4.90 Å². The van der Waals surface area contributed by atoms with E-state index in [2.05, 4.69) is 5.32 Å². The van der Waals surface area contributed by atoms with Crippen molar-refractivity contribution in [2.75, 3.05) is 11.9 Å². The van der Waals surface area contributed by atoms with Crippen molar-refractivity contribution in [2.24, 2.45) is 0 Å². The predicted molar refractivity (Wildman–Crippen MR) is 83.4 cm³/mol. The van der Waals surface area contributed by atoms with E-state index in [9.17, 15) is 19.1 Å². The van der Waals surface area contributed by atoms with Gasteiger partial charge in [-0.3, -0.25) is 9.59 Å². The summed E-state index contributed by atoms with van der Waals surface area (Å²) in [5, 5.41) is 12.9. The molecule has 0 aromatic heterocycles. The van der Waals surface area contributed by atoms with Gasteiger partial charge in [0, 0.05) is 18.7 Å². The first-order valence-corrected chi connectivity index (χ1v) is 7.89. The number of nitrogens with zero attached hydrogens (tertiary/aromatic N) is 1. The number of anilines is 1. The van der Waals surface area contributed by atoms with Crippen LogP contribution in [0.5, 0.6) is 0 Å². The van der Waals surface area contributed by atoms with Crippen molar-refractivity contribution >= 4 is 17.5 Å². The third-order valence-corrected chi connectivity index (χ3v) is 4.70. The van der Waals surface area contributed by atoms with E-state index in [0.717, 1.165) is 12.8 Å². The molecule has 2 aliphatic rings. The van der Waals surface area contributed by atoms with Crippen LogP contribution in [0.3, 0.4) is 0 Å². The topological polar surface area (TPSA) is 69.6 Å². The molecule has 2 heterocycles. The highest BCUT2D eigenvalue weighted by molar-refractivity contribution is 6.01. The van der Waals surface area contributed by atoms with Crippen LogP contribution in [0, 0.1) is 5.82 Å². The average Bonchev–Trinajstić information content (AvgIpc) is 2.94. The van der Waals surface area contributed by atoms with Crippen LogP contribution >= 0.6 is 0 Å². The summed E-state index contributed by atoms with van der Waals surface area (Å²) >= 11 is 0. The number of likely N-dealkylation sites (tertiary alicyclic amines) is 1. The molecule has 124 valence electrons. The Labute approximate surface area is 134 Å². The molecule has 1 aromatic rings. The van der Waals surface area contributed by atoms with Crippen molar-refractivity contribution in [3.05, 3.63) is 29.6 Å². The smallest absolute Gasteiger partial charge is 0.231 e. The van der Waals surface area contributed by atoms with Crippen LogP contribution in [0.4, 0.5) is 10.1 Å². The van der Waals surface area contributed by atoms with Crippen LogP contribution in [-0.4, -0.2) is 40.0 Å². The van der Waals surface area contributed by atoms with Gasteiger partial charge in [-0.05, 0) is 44.4 Å². The summed E-state index contributed by atoms with van der Waals surface area (Å²) in [6.45, 7) is 3.96. The minimum atomic E-state index is -0.991. The van der Waals surface area contributed by atoms with E-state index in [1.54, 1.807) is 24.8 Å². The number of amides is 2. The Morgan fingerprint density at radius 1 is 1.43 bits per heavy atom. The first-order valence-electron chi connectivity index (χ1n) is 7.89. The Morgan fingerprint density at radius 2 is 2.17 bits per heavy atom. The average molecular weight is 320 g/mol. The highest BCUT2D eigenvalue weighted by atomic mass is 19.1. The summed E-state index contributed by atoms with van der Waals surface area (Å²) in [6.07, 6.45) is 1.62. The maximum absolute atomic E-state index is 13.4. The van der Waals surface area contributed by atoms with Gasteiger partial charge in [-0.25, -0.2) is 4.39 Å². The zero-order valence-electron chi connectivity index (χ0n) is 13.3. The molecule has 2 N–H and O–H groups in total. The lowest BCUT2D eigenvalue weighted by Crippen LogP contribution is -2.50. The van der Waals surface area contributed by atoms with Gasteiger partial charge in [-0.2, -0.15) is 0 Å². The molecule has 0 spiro atoms. The van der Waals surface area contributed by atoms with Gasteiger partial charge >= 0.3 is 0 Å². The maximum atomic E-state index is 13.4. The first-order chi connectivity index (χ1) is 10.8. The minimum absolute atomic E-state index is 0.0482. The van der Waals surface area contributed by atoms with E-state index in [4.69, 9.17) is 0 Å². The number of benzene rings is 1. The summed E-state index contributed by atoms with van der Waals surface area (Å²) in [5.41, 5.74) is 0.00494. The molecule has 0 radical (unpaired) electrons. The van der Waals surface area contributed by atoms with Gasteiger partial charge in [0.25, 0.3) is 0 Å². The molecule has 1 fully saturated rings. The minimum Gasteiger partial charge on any atom is -0.388 e. The lowest BCUT2D eigenvalue weighted by atomic mass is 9.88. The van der Waals surface area contributed by atoms with Crippen molar-refractivity contribution < 1.29 is 19.1 Å². The van der Waals surface area contributed by atoms with Crippen LogP contribution in [0.2, 0.25) is 0 Å². The second-order valence-corrected chi connectivity index (χ2v) is 6.88. The number of fused-ring (bicyclic) bond motifs is 1. The molecular weight excluding hydrogens is 299 g/mol. The summed E-state index contributed by atoms with van der Waals surface area (Å²) in [4.78, 5) is 26.6. The molecular formula is C17H21FN2O3. The Kier molecular flexibility index (Phi) is 3.88. The summed E-state index contributed by atoms with van der Waals surface area (Å²) in [5.74, 6) is -1.53. The Morgan fingerprint density at radius 3 is 2.87 bits per heavy atom. The second kappa shape index (κ2) is 5.60. The highest BCUT2D eigenvalue weighted by Gasteiger charge is 2.42. The largest absolute Gasteiger partial charge is 0.388 e. The van der Waals surface area contributed by atoms with Crippen molar-refractivity contribution in [3.8, 4) is 0 Å². The lowest BCUT2D eigenvalue weighted by Gasteiger charge is -2.37. The fraction of sp³-hybridized carbons (Fsp3) is 0.529. The van der Waals surface area contributed by atoms with Crippen LogP contribution in [0.15, 0.2) is 18.2 Å². The molecule has 1 saturated heterocycles. The number of hydrogen-bond donors (Lipinski definition) is 2. The Bertz CT molecular complexity index is 654. The molecule has 1 aromatic carbocycles. The number of carbonyl (C=O) groups is 2. The SMILES string of the molecule is CC(C)(O)C1CCCN1C(=O)C1CC(=O)Nc2cc(F)ccc21. The number of rotatable bonds is 2. The van der Waals surface area contributed by atoms with Gasteiger partial charge < -0.3 is 15.3 Å². The van der Waals surface area contributed by atoms with Gasteiger partial charge in [0.05, 0.1) is 17.6 Å². The molecule has 5 nitrogen and oxygen atoms in total. The number of aliphatic hydroxyl groups is 1. The van der Waals surface area contributed by atoms with E-state index < -0.39 is 17.3 Å². The number of carbonyl (C=O) groups excluding carboxylic acids is 2. The molecule has 0 aliphatic carbocycles. The van der Waals surface area contributed by atoms with Crippen molar-refractivity contribution in [2.45, 2.75) is 50.7 Å². The molecule has 0 saturated carbocycles. The molecule has 23 heavy (non-hydrogen) atoms. The second-order valence-electron chi connectivity index (χ2n) is 6.88. The van der Waals surface area contributed by atoms with Gasteiger partial charge in [0.1, 0.15) is 5.82 Å². The Balaban J connectivity index is 1.93. The quantitative estimate of drug-likeness (QED) is 0.876. The maximum Gasteiger partial charge on any atom is 0.231 e. The van der Waals surface area contributed by atoms with Crippen molar-refractivity contribution in [1.29, 1.82) is 0 Å². The first kappa shape index (κ1) is 15.9. The van der Waals surface area contributed by atoms with Gasteiger partial charge in [0.2, 0.25) is 11.8 Å². The van der Waals surface area contributed by atoms with E-state index in [1.165, 1.54) is 12.1 Å². The van der Waals surface area contributed by atoms with Crippen LogP contribution in [0.1, 0.15) is 44.6 Å². The van der Waals surface area contributed by atoms with Crippen LogP contribution in [-0.2, 0) is 9.59 Å². The standard InChI is InChI=1S/C17H21FN2O3/c1-17(2,23)14-4-3-7-20(14)16(22)12-9-15(21)19-13-8-10(18)5-6-11(12)13/h5-6,8,12,14,23H,3-4,7,9H2,1-2H3,(H,19,21). The van der Waals surface area contributed by atoms with Crippen LogP contribution < -0.4 is 5.32 Å². The van der Waals surface area contributed by atoms with E-state index in [0.29, 0.717) is 17.8 Å². The zero-order valence-corrected chi connectivity index (χ0v) is 13.3. The summed E-state index contributed by atoms with van der Waals surface area (Å²) in [6, 6.07) is 3.84. The van der Waals surface area contributed by atoms with Gasteiger partial charge in [-0.1, -0.05) is 6.07 Å². The van der Waals surface area contributed by atoms with E-state index in [-0.39, 0.29) is 24.3 Å². The van der Waals surface area contributed by atoms with Crippen LogP contribution in [0.25, 0.3) is 0 Å². The number of hydrogen-bond acceptors (Lipinski definition) is 3. The normalized spacial score (nSPS) is 24.3. The zero-order chi connectivity index (χ0) is 16.8. The fourth-order valence-electron chi connectivity index (χ4n) is 3.62. The van der Waals surface area contributed by atoms with E-state index in [1.807, 2.05) is 0 Å². The molecule has 2 unspecified atom stereocenters. The fourth-order valence-corrected chi connectivity index (χ4v) is 3.62. The number of nitrogens with one attached hydrogen (secondary N) is 1. The monoisotopic (exact) mass is 320 g/mol. The molecule has 6 heteroatoms. The number of halogens is 1. The van der Waals surface area contributed by atoms with E-state index >= 15 is 0 Å². The van der Waals surface area contributed by atoms with Gasteiger partial charge in [0.15, 0.2) is 0 Å². The Hall–Kier alpha value is -1.95. The summed E-state index contributed by atoms with van der Waals surface area (Å²) in [7, 11) is 0. The van der Waals surface area contributed by atoms with Gasteiger partial charge in [-0.15, -0.1) is 0 Å². The predicted octanol–water partition coefficient (Wildman–Crippen LogP) is 2.01. The highest BCUT2D eigenvalue weighted by Crippen LogP contribution is 2.37. The third kappa shape index (κ3) is 2.95. The third-order valence-electron chi connectivity index (χ3n) is 4.70. The molecule has 0 bridgehead atoms. The molecule has 2 amide bonds. The van der Waals surface area contributed by atoms with Crippen molar-refractivity contribution in [3.63, 3.8) is 0 Å². The molecule has 2 aliphatic heterocycles. The summed E-state index contributed by atoms with van der Waals surface area (Å²) < 4.78 is 13.4.